The highest BCUT2D eigenvalue weighted by atomic mass is 14.6. The second kappa shape index (κ2) is 4.01. The summed E-state index contributed by atoms with van der Waals surface area (Å²) in [6.45, 7) is 6.33. The lowest BCUT2D eigenvalue weighted by Gasteiger charge is -2.10. The Bertz CT molecular complexity index is 527. The van der Waals surface area contributed by atoms with E-state index in [1.165, 1.54) is 22.3 Å². The van der Waals surface area contributed by atoms with Gasteiger partial charge in [-0.25, -0.2) is 0 Å². The number of hydrogen-bond donors (Lipinski definition) is 1. The molecule has 0 saturated heterocycles. The van der Waals surface area contributed by atoms with Gasteiger partial charge < -0.3 is 5.73 Å². The molecule has 0 bridgehead atoms. The van der Waals surface area contributed by atoms with Gasteiger partial charge in [0.05, 0.1) is 0 Å². The van der Waals surface area contributed by atoms with E-state index in [1.54, 1.807) is 0 Å². The van der Waals surface area contributed by atoms with Gasteiger partial charge in [-0.05, 0) is 44.0 Å². The molecule has 0 unspecified atom stereocenters. The zero-order chi connectivity index (χ0) is 11.7. The fourth-order valence-electron chi connectivity index (χ4n) is 2.02. The van der Waals surface area contributed by atoms with Gasteiger partial charge in [-0.2, -0.15) is 0 Å². The Balaban J connectivity index is 2.62. The molecule has 2 rings (SSSR count). The van der Waals surface area contributed by atoms with Crippen LogP contribution in [0.2, 0.25) is 0 Å². The number of benzene rings is 2. The summed E-state index contributed by atoms with van der Waals surface area (Å²) in [6, 6.07) is 12.6. The summed E-state index contributed by atoms with van der Waals surface area (Å²) in [6.07, 6.45) is 0. The SMILES string of the molecule is Cc1ccc(-c2cc(C)ccc2N)c(C)c1. The minimum absolute atomic E-state index is 0.845. The molecular weight excluding hydrogens is 194 g/mol. The Kier molecular flexibility index (Phi) is 2.69. The number of nitrogens with two attached hydrogens (primary N) is 1. The Morgan fingerprint density at radius 3 is 2.06 bits per heavy atom. The van der Waals surface area contributed by atoms with Crippen LogP contribution in [0, 0.1) is 20.8 Å². The van der Waals surface area contributed by atoms with Crippen LogP contribution in [0.1, 0.15) is 16.7 Å². The van der Waals surface area contributed by atoms with E-state index in [0.717, 1.165) is 11.3 Å². The first-order chi connectivity index (χ1) is 7.58. The highest BCUT2D eigenvalue weighted by Crippen LogP contribution is 2.29. The van der Waals surface area contributed by atoms with Crippen molar-refractivity contribution in [3.05, 3.63) is 53.1 Å². The van der Waals surface area contributed by atoms with Crippen molar-refractivity contribution in [3.63, 3.8) is 0 Å². The van der Waals surface area contributed by atoms with Gasteiger partial charge in [0.1, 0.15) is 0 Å². The largest absolute Gasteiger partial charge is 0.398 e. The van der Waals surface area contributed by atoms with Gasteiger partial charge in [-0.1, -0.05) is 35.4 Å². The molecule has 82 valence electrons. The normalized spacial score (nSPS) is 10.4. The fraction of sp³-hybridized carbons (Fsp3) is 0.200. The lowest BCUT2D eigenvalue weighted by molar-refractivity contribution is 1.37. The van der Waals surface area contributed by atoms with Crippen molar-refractivity contribution < 1.29 is 0 Å². The molecule has 0 spiro atoms. The van der Waals surface area contributed by atoms with Crippen molar-refractivity contribution in [2.24, 2.45) is 0 Å². The van der Waals surface area contributed by atoms with Crippen molar-refractivity contribution in [2.45, 2.75) is 20.8 Å². The van der Waals surface area contributed by atoms with Crippen LogP contribution < -0.4 is 5.73 Å². The lowest BCUT2D eigenvalue weighted by atomic mass is 9.96. The molecule has 0 atom stereocenters. The van der Waals surface area contributed by atoms with Crippen molar-refractivity contribution in [1.29, 1.82) is 0 Å². The second-order valence-corrected chi connectivity index (χ2v) is 4.41. The fourth-order valence-corrected chi connectivity index (χ4v) is 2.02. The van der Waals surface area contributed by atoms with Gasteiger partial charge in [0.2, 0.25) is 0 Å². The second-order valence-electron chi connectivity index (χ2n) is 4.41. The van der Waals surface area contributed by atoms with Gasteiger partial charge >= 0.3 is 0 Å². The monoisotopic (exact) mass is 211 g/mol. The molecule has 16 heavy (non-hydrogen) atoms. The molecule has 0 aliphatic heterocycles. The third-order valence-corrected chi connectivity index (χ3v) is 2.88. The van der Waals surface area contributed by atoms with Crippen LogP contribution >= 0.6 is 0 Å². The van der Waals surface area contributed by atoms with E-state index in [2.05, 4.69) is 45.0 Å². The predicted octanol–water partition coefficient (Wildman–Crippen LogP) is 3.86. The Hall–Kier alpha value is -1.76. The van der Waals surface area contributed by atoms with E-state index in [0.29, 0.717) is 0 Å². The van der Waals surface area contributed by atoms with Gasteiger partial charge in [0, 0.05) is 11.3 Å². The summed E-state index contributed by atoms with van der Waals surface area (Å²) in [4.78, 5) is 0. The van der Waals surface area contributed by atoms with Crippen molar-refractivity contribution in [1.82, 2.24) is 0 Å². The van der Waals surface area contributed by atoms with Crippen molar-refractivity contribution in [2.75, 3.05) is 5.73 Å². The number of anilines is 1. The Labute approximate surface area is 96.9 Å². The Morgan fingerprint density at radius 1 is 0.750 bits per heavy atom. The third-order valence-electron chi connectivity index (χ3n) is 2.88. The summed E-state index contributed by atoms with van der Waals surface area (Å²) in [5.74, 6) is 0. The molecule has 0 aromatic heterocycles. The summed E-state index contributed by atoms with van der Waals surface area (Å²) in [5.41, 5.74) is 13.0. The Morgan fingerprint density at radius 2 is 1.38 bits per heavy atom. The van der Waals surface area contributed by atoms with Crippen molar-refractivity contribution >= 4 is 5.69 Å². The first kappa shape index (κ1) is 10.7. The molecule has 0 saturated carbocycles. The topological polar surface area (TPSA) is 26.0 Å². The number of nitrogen functional groups attached to an aromatic ring is 1. The van der Waals surface area contributed by atoms with E-state index in [1.807, 2.05) is 12.1 Å². The van der Waals surface area contributed by atoms with Gasteiger partial charge in [-0.15, -0.1) is 0 Å². The highest BCUT2D eigenvalue weighted by molar-refractivity contribution is 5.79. The minimum Gasteiger partial charge on any atom is -0.398 e. The van der Waals surface area contributed by atoms with Crippen LogP contribution in [0.25, 0.3) is 11.1 Å². The zero-order valence-corrected chi connectivity index (χ0v) is 10.0. The molecule has 2 N–H and O–H groups in total. The van der Waals surface area contributed by atoms with Crippen LogP contribution in [0.15, 0.2) is 36.4 Å². The molecule has 1 nitrogen and oxygen atoms in total. The summed E-state index contributed by atoms with van der Waals surface area (Å²) >= 11 is 0. The van der Waals surface area contributed by atoms with E-state index in [-0.39, 0.29) is 0 Å². The molecule has 2 aromatic carbocycles. The maximum absolute atomic E-state index is 6.03. The van der Waals surface area contributed by atoms with E-state index < -0.39 is 0 Å². The van der Waals surface area contributed by atoms with Crippen LogP contribution in [0.4, 0.5) is 5.69 Å². The number of rotatable bonds is 1. The maximum Gasteiger partial charge on any atom is 0.0394 e. The van der Waals surface area contributed by atoms with Gasteiger partial charge in [-0.3, -0.25) is 0 Å². The first-order valence-electron chi connectivity index (χ1n) is 5.51. The molecule has 2 aromatic rings. The van der Waals surface area contributed by atoms with Gasteiger partial charge in [0.25, 0.3) is 0 Å². The van der Waals surface area contributed by atoms with Crippen LogP contribution in [0.5, 0.6) is 0 Å². The summed E-state index contributed by atoms with van der Waals surface area (Å²) < 4.78 is 0. The number of hydrogen-bond acceptors (Lipinski definition) is 1. The molecular formula is C15H17N. The minimum atomic E-state index is 0.845. The molecule has 0 fully saturated rings. The highest BCUT2D eigenvalue weighted by Gasteiger charge is 2.05. The molecule has 1 heteroatoms. The third kappa shape index (κ3) is 1.94. The molecule has 0 heterocycles. The zero-order valence-electron chi connectivity index (χ0n) is 10.0. The predicted molar refractivity (Wildman–Crippen MR) is 70.5 cm³/mol. The molecule has 0 radical (unpaired) electrons. The molecule has 0 amide bonds. The maximum atomic E-state index is 6.03. The smallest absolute Gasteiger partial charge is 0.0394 e. The average molecular weight is 211 g/mol. The van der Waals surface area contributed by atoms with Crippen LogP contribution in [0.3, 0.4) is 0 Å². The van der Waals surface area contributed by atoms with Crippen LogP contribution in [-0.2, 0) is 0 Å². The molecule has 0 aliphatic rings. The average Bonchev–Trinajstić information content (AvgIpc) is 2.22. The summed E-state index contributed by atoms with van der Waals surface area (Å²) in [5, 5.41) is 0. The summed E-state index contributed by atoms with van der Waals surface area (Å²) in [7, 11) is 0. The van der Waals surface area contributed by atoms with Gasteiger partial charge in [0.15, 0.2) is 0 Å². The lowest BCUT2D eigenvalue weighted by Crippen LogP contribution is -1.93. The first-order valence-corrected chi connectivity index (χ1v) is 5.51. The van der Waals surface area contributed by atoms with Crippen molar-refractivity contribution in [3.8, 4) is 11.1 Å². The van der Waals surface area contributed by atoms with E-state index >= 15 is 0 Å². The van der Waals surface area contributed by atoms with E-state index in [4.69, 9.17) is 5.73 Å². The quantitative estimate of drug-likeness (QED) is 0.712. The number of aryl methyl sites for hydroxylation is 3. The van der Waals surface area contributed by atoms with E-state index in [9.17, 15) is 0 Å². The standard InChI is InChI=1S/C15H17N/c1-10-4-6-13(12(3)8-10)14-9-11(2)5-7-15(14)16/h4-9H,16H2,1-3H3. The molecule has 0 aliphatic carbocycles. The van der Waals surface area contributed by atoms with Crippen LogP contribution in [-0.4, -0.2) is 0 Å².